The van der Waals surface area contributed by atoms with Crippen LogP contribution in [0.5, 0.6) is 0 Å². The van der Waals surface area contributed by atoms with Crippen molar-refractivity contribution in [2.24, 2.45) is 11.8 Å². The first-order valence-electron chi connectivity index (χ1n) is 6.63. The Morgan fingerprint density at radius 1 is 1.30 bits per heavy atom. The molecule has 1 heterocycles. The van der Waals surface area contributed by atoms with E-state index in [0.717, 1.165) is 12.8 Å². The van der Waals surface area contributed by atoms with Gasteiger partial charge in [-0.3, -0.25) is 0 Å². The highest BCUT2D eigenvalue weighted by molar-refractivity contribution is 7.89. The third-order valence-corrected chi connectivity index (χ3v) is 6.52. The fraction of sp³-hybridized carbons (Fsp3) is 0.538. The van der Waals surface area contributed by atoms with E-state index in [1.165, 1.54) is 22.5 Å². The minimum atomic E-state index is -3.61. The number of aliphatic hydroxyl groups excluding tert-OH is 1. The number of nitrogens with zero attached hydrogens (tertiary/aromatic N) is 1. The van der Waals surface area contributed by atoms with Crippen LogP contribution in [0.2, 0.25) is 5.02 Å². The Kier molecular flexibility index (Phi) is 3.44. The molecule has 0 amide bonds. The van der Waals surface area contributed by atoms with Crippen molar-refractivity contribution in [2.45, 2.75) is 23.8 Å². The summed E-state index contributed by atoms with van der Waals surface area (Å²) in [4.78, 5) is 0.0939. The van der Waals surface area contributed by atoms with Crippen molar-refractivity contribution in [3.05, 3.63) is 23.2 Å². The Bertz CT molecular complexity index is 635. The number of aliphatic hydroxyl groups is 1. The molecule has 2 fully saturated rings. The average molecular weight is 317 g/mol. The zero-order valence-electron chi connectivity index (χ0n) is 10.9. The van der Waals surface area contributed by atoms with E-state index in [-0.39, 0.29) is 28.5 Å². The number of benzene rings is 1. The van der Waals surface area contributed by atoms with Gasteiger partial charge in [0, 0.05) is 24.0 Å². The maximum Gasteiger partial charge on any atom is 0.245 e. The third kappa shape index (κ3) is 2.20. The normalized spacial score (nSPS) is 30.6. The molecule has 1 saturated heterocycles. The summed E-state index contributed by atoms with van der Waals surface area (Å²) in [5.41, 5.74) is 5.94. The number of halogens is 1. The number of nitrogens with two attached hydrogens (primary N) is 1. The summed E-state index contributed by atoms with van der Waals surface area (Å²) in [5, 5.41) is 10.3. The smallest absolute Gasteiger partial charge is 0.245 e. The summed E-state index contributed by atoms with van der Waals surface area (Å²) in [7, 11) is -3.61. The first-order chi connectivity index (χ1) is 9.39. The Balaban J connectivity index is 1.90. The van der Waals surface area contributed by atoms with Gasteiger partial charge in [-0.1, -0.05) is 11.6 Å². The van der Waals surface area contributed by atoms with E-state index in [0.29, 0.717) is 18.1 Å². The van der Waals surface area contributed by atoms with Crippen molar-refractivity contribution in [2.75, 3.05) is 18.8 Å². The summed E-state index contributed by atoms with van der Waals surface area (Å²) in [6.07, 6.45) is 1.27. The topological polar surface area (TPSA) is 83.6 Å². The zero-order valence-corrected chi connectivity index (χ0v) is 12.4. The molecule has 1 aliphatic heterocycles. The molecule has 2 aliphatic rings. The lowest BCUT2D eigenvalue weighted by Crippen LogP contribution is -2.31. The third-order valence-electron chi connectivity index (χ3n) is 4.38. The second-order valence-electron chi connectivity index (χ2n) is 5.57. The van der Waals surface area contributed by atoms with Gasteiger partial charge in [0.05, 0.1) is 11.8 Å². The molecule has 0 aromatic heterocycles. The molecule has 0 bridgehead atoms. The molecule has 1 aromatic rings. The van der Waals surface area contributed by atoms with Crippen molar-refractivity contribution < 1.29 is 13.5 Å². The van der Waals surface area contributed by atoms with Gasteiger partial charge in [0.2, 0.25) is 10.0 Å². The Labute approximate surface area is 123 Å². The van der Waals surface area contributed by atoms with E-state index in [2.05, 4.69) is 0 Å². The number of nitrogen functional groups attached to an aromatic ring is 1. The number of hydrogen-bond donors (Lipinski definition) is 2. The van der Waals surface area contributed by atoms with Crippen LogP contribution in [0.15, 0.2) is 23.1 Å². The summed E-state index contributed by atoms with van der Waals surface area (Å²) in [6.45, 7) is 0.836. The Morgan fingerprint density at radius 2 is 2.05 bits per heavy atom. The van der Waals surface area contributed by atoms with Crippen LogP contribution in [0, 0.1) is 11.8 Å². The van der Waals surface area contributed by atoms with E-state index in [9.17, 15) is 13.5 Å². The van der Waals surface area contributed by atoms with Crippen LogP contribution in [-0.4, -0.2) is 37.0 Å². The highest BCUT2D eigenvalue weighted by Crippen LogP contribution is 2.40. The molecule has 3 unspecified atom stereocenters. The van der Waals surface area contributed by atoms with Crippen LogP contribution in [0.25, 0.3) is 0 Å². The summed E-state index contributed by atoms with van der Waals surface area (Å²) in [5.74, 6) is 0.312. The standard InChI is InChI=1S/C13H17ClN2O3S/c14-9-2-4-13(11(15)5-9)20(18,19)16-6-8-1-3-12(17)10(8)7-16/h2,4-5,8,10,12,17H,1,3,6-7,15H2. The van der Waals surface area contributed by atoms with Gasteiger partial charge in [-0.05, 0) is 37.0 Å². The van der Waals surface area contributed by atoms with E-state index in [4.69, 9.17) is 17.3 Å². The molecule has 0 spiro atoms. The van der Waals surface area contributed by atoms with Crippen molar-refractivity contribution in [3.8, 4) is 0 Å². The van der Waals surface area contributed by atoms with E-state index < -0.39 is 10.0 Å². The maximum absolute atomic E-state index is 12.6. The summed E-state index contributed by atoms with van der Waals surface area (Å²) >= 11 is 5.80. The molecule has 1 aliphatic carbocycles. The van der Waals surface area contributed by atoms with Crippen molar-refractivity contribution >= 4 is 27.3 Å². The van der Waals surface area contributed by atoms with Gasteiger partial charge in [0.25, 0.3) is 0 Å². The predicted molar refractivity (Wildman–Crippen MR) is 76.8 cm³/mol. The SMILES string of the molecule is Nc1cc(Cl)ccc1S(=O)(=O)N1CC2CCC(O)C2C1. The number of fused-ring (bicyclic) bond motifs is 1. The molecule has 3 N–H and O–H groups in total. The van der Waals surface area contributed by atoms with Gasteiger partial charge in [-0.15, -0.1) is 0 Å². The van der Waals surface area contributed by atoms with Crippen LogP contribution in [0.3, 0.4) is 0 Å². The quantitative estimate of drug-likeness (QED) is 0.806. The average Bonchev–Trinajstić information content (AvgIpc) is 2.92. The molecule has 3 atom stereocenters. The molecule has 7 heteroatoms. The lowest BCUT2D eigenvalue weighted by Gasteiger charge is -2.19. The molecule has 20 heavy (non-hydrogen) atoms. The largest absolute Gasteiger partial charge is 0.398 e. The second kappa shape index (κ2) is 4.87. The minimum absolute atomic E-state index is 0.0540. The second-order valence-corrected chi connectivity index (χ2v) is 7.92. The summed E-state index contributed by atoms with van der Waals surface area (Å²) in [6, 6.07) is 4.41. The van der Waals surface area contributed by atoms with Gasteiger partial charge in [0.1, 0.15) is 4.90 Å². The first kappa shape index (κ1) is 14.1. The van der Waals surface area contributed by atoms with Crippen molar-refractivity contribution in [1.29, 1.82) is 0 Å². The predicted octanol–water partition coefficient (Wildman–Crippen LogP) is 1.31. The zero-order chi connectivity index (χ0) is 14.5. The number of rotatable bonds is 2. The molecule has 3 rings (SSSR count). The van der Waals surface area contributed by atoms with Crippen LogP contribution in [-0.2, 0) is 10.0 Å². The van der Waals surface area contributed by atoms with Gasteiger partial charge in [-0.25, -0.2) is 8.42 Å². The van der Waals surface area contributed by atoms with Crippen molar-refractivity contribution in [1.82, 2.24) is 4.31 Å². The van der Waals surface area contributed by atoms with Crippen LogP contribution in [0.4, 0.5) is 5.69 Å². The van der Waals surface area contributed by atoms with Crippen LogP contribution >= 0.6 is 11.6 Å². The lowest BCUT2D eigenvalue weighted by molar-refractivity contribution is 0.129. The molecular formula is C13H17ClN2O3S. The highest BCUT2D eigenvalue weighted by Gasteiger charge is 2.46. The van der Waals surface area contributed by atoms with Gasteiger partial charge >= 0.3 is 0 Å². The van der Waals surface area contributed by atoms with E-state index in [1.807, 2.05) is 0 Å². The van der Waals surface area contributed by atoms with E-state index in [1.54, 1.807) is 0 Å². The molecule has 110 valence electrons. The molecule has 1 aromatic carbocycles. The molecule has 5 nitrogen and oxygen atoms in total. The Morgan fingerprint density at radius 3 is 2.70 bits per heavy atom. The lowest BCUT2D eigenvalue weighted by atomic mass is 10.00. The minimum Gasteiger partial charge on any atom is -0.398 e. The van der Waals surface area contributed by atoms with Crippen LogP contribution in [0.1, 0.15) is 12.8 Å². The summed E-state index contributed by atoms with van der Waals surface area (Å²) < 4.78 is 26.7. The first-order valence-corrected chi connectivity index (χ1v) is 8.44. The number of anilines is 1. The number of sulfonamides is 1. The maximum atomic E-state index is 12.6. The number of hydrogen-bond acceptors (Lipinski definition) is 4. The fourth-order valence-electron chi connectivity index (χ4n) is 3.29. The van der Waals surface area contributed by atoms with Gasteiger partial charge in [-0.2, -0.15) is 4.31 Å². The van der Waals surface area contributed by atoms with Crippen LogP contribution < -0.4 is 5.73 Å². The fourth-order valence-corrected chi connectivity index (χ4v) is 5.10. The monoisotopic (exact) mass is 316 g/mol. The molecule has 1 saturated carbocycles. The van der Waals surface area contributed by atoms with E-state index >= 15 is 0 Å². The Hall–Kier alpha value is -0.820. The highest BCUT2D eigenvalue weighted by atomic mass is 35.5. The van der Waals surface area contributed by atoms with Crippen molar-refractivity contribution in [3.63, 3.8) is 0 Å². The van der Waals surface area contributed by atoms with Gasteiger partial charge < -0.3 is 10.8 Å². The van der Waals surface area contributed by atoms with Gasteiger partial charge in [0.15, 0.2) is 0 Å². The molecular weight excluding hydrogens is 300 g/mol. The molecule has 0 radical (unpaired) electrons.